The molecular formula is C17H21NO5S. The summed E-state index contributed by atoms with van der Waals surface area (Å²) in [6.07, 6.45) is -0.0279. The molecule has 0 aromatic heterocycles. The summed E-state index contributed by atoms with van der Waals surface area (Å²) in [6.45, 7) is 0.740. The minimum absolute atomic E-state index is 0.119. The monoisotopic (exact) mass is 351 g/mol. The summed E-state index contributed by atoms with van der Waals surface area (Å²) in [5.74, 6) is 0. The van der Waals surface area contributed by atoms with Gasteiger partial charge in [0.05, 0.1) is 24.2 Å². The number of nitrogens with two attached hydrogens (primary N) is 1. The second-order valence-corrected chi connectivity index (χ2v) is 6.94. The van der Waals surface area contributed by atoms with Crippen molar-refractivity contribution in [2.24, 2.45) is 5.73 Å². The van der Waals surface area contributed by atoms with E-state index in [-0.39, 0.29) is 18.0 Å². The first-order valence-corrected chi connectivity index (χ1v) is 8.92. The molecule has 7 heteroatoms. The van der Waals surface area contributed by atoms with Crippen molar-refractivity contribution in [1.29, 1.82) is 0 Å². The fourth-order valence-corrected chi connectivity index (χ4v) is 2.71. The van der Waals surface area contributed by atoms with Crippen molar-refractivity contribution in [3.8, 4) is 0 Å². The van der Waals surface area contributed by atoms with Crippen molar-refractivity contribution in [2.45, 2.75) is 24.0 Å². The predicted molar refractivity (Wildman–Crippen MR) is 90.2 cm³/mol. The molecule has 130 valence electrons. The van der Waals surface area contributed by atoms with Crippen LogP contribution in [0.3, 0.4) is 0 Å². The topological polar surface area (TPSA) is 110 Å². The van der Waals surface area contributed by atoms with Crippen LogP contribution in [0.5, 0.6) is 0 Å². The van der Waals surface area contributed by atoms with Gasteiger partial charge in [-0.05, 0) is 35.2 Å². The van der Waals surface area contributed by atoms with Gasteiger partial charge in [0.1, 0.15) is 0 Å². The van der Waals surface area contributed by atoms with E-state index in [4.69, 9.17) is 15.0 Å². The summed E-state index contributed by atoms with van der Waals surface area (Å²) in [4.78, 5) is -0.119. The molecular weight excluding hydrogens is 330 g/mol. The lowest BCUT2D eigenvalue weighted by Crippen LogP contribution is -2.24. The molecule has 4 N–H and O–H groups in total. The van der Waals surface area contributed by atoms with E-state index in [1.807, 2.05) is 24.3 Å². The third-order valence-electron chi connectivity index (χ3n) is 3.47. The highest BCUT2D eigenvalue weighted by Crippen LogP contribution is 2.15. The third kappa shape index (κ3) is 5.70. The molecule has 0 saturated heterocycles. The van der Waals surface area contributed by atoms with Gasteiger partial charge >= 0.3 is 0 Å². The molecule has 0 aliphatic rings. The van der Waals surface area contributed by atoms with E-state index in [1.54, 1.807) is 12.1 Å². The second-order valence-electron chi connectivity index (χ2n) is 5.52. The number of aliphatic hydroxyl groups excluding tert-OH is 1. The Morgan fingerprint density at radius 1 is 1.04 bits per heavy atom. The van der Waals surface area contributed by atoms with E-state index < -0.39 is 16.2 Å². The van der Waals surface area contributed by atoms with Gasteiger partial charge in [-0.1, -0.05) is 36.4 Å². The summed E-state index contributed by atoms with van der Waals surface area (Å²) in [7, 11) is -4.16. The van der Waals surface area contributed by atoms with E-state index in [2.05, 4.69) is 0 Å². The molecule has 2 aromatic rings. The smallest absolute Gasteiger partial charge is 0.294 e. The Hall–Kier alpha value is -1.77. The van der Waals surface area contributed by atoms with Crippen LogP contribution in [0, 0.1) is 0 Å². The van der Waals surface area contributed by atoms with Crippen LogP contribution in [-0.2, 0) is 27.9 Å². The first kappa shape index (κ1) is 18.6. The van der Waals surface area contributed by atoms with Gasteiger partial charge in [0.2, 0.25) is 0 Å². The number of rotatable bonds is 8. The van der Waals surface area contributed by atoms with E-state index in [9.17, 15) is 13.5 Å². The highest BCUT2D eigenvalue weighted by atomic mass is 32.2. The van der Waals surface area contributed by atoms with Crippen LogP contribution in [-0.4, -0.2) is 37.3 Å². The fraction of sp³-hybridized carbons (Fsp3) is 0.294. The molecule has 0 saturated carbocycles. The predicted octanol–water partition coefficient (Wildman–Crippen LogP) is 1.36. The van der Waals surface area contributed by atoms with Crippen LogP contribution in [0.4, 0.5) is 0 Å². The summed E-state index contributed by atoms with van der Waals surface area (Å²) in [5.41, 5.74) is 8.27. The maximum atomic E-state index is 11.0. The Kier molecular flexibility index (Phi) is 6.47. The minimum Gasteiger partial charge on any atom is -0.389 e. The molecule has 2 aromatic carbocycles. The maximum absolute atomic E-state index is 11.0. The van der Waals surface area contributed by atoms with Crippen molar-refractivity contribution < 1.29 is 22.8 Å². The van der Waals surface area contributed by atoms with Crippen LogP contribution >= 0.6 is 0 Å². The third-order valence-corrected chi connectivity index (χ3v) is 4.34. The van der Waals surface area contributed by atoms with Gasteiger partial charge in [-0.2, -0.15) is 8.42 Å². The zero-order valence-corrected chi connectivity index (χ0v) is 13.9. The molecule has 6 nitrogen and oxygen atoms in total. The second kappa shape index (κ2) is 8.36. The molecule has 0 radical (unpaired) electrons. The summed E-state index contributed by atoms with van der Waals surface area (Å²) < 4.78 is 36.5. The summed E-state index contributed by atoms with van der Waals surface area (Å²) >= 11 is 0. The molecule has 0 fully saturated rings. The van der Waals surface area contributed by atoms with Gasteiger partial charge < -0.3 is 15.6 Å². The molecule has 0 aliphatic heterocycles. The van der Waals surface area contributed by atoms with E-state index in [0.717, 1.165) is 16.7 Å². The average molecular weight is 351 g/mol. The lowest BCUT2D eigenvalue weighted by atomic mass is 10.0. The van der Waals surface area contributed by atoms with Gasteiger partial charge in [0, 0.05) is 6.54 Å². The van der Waals surface area contributed by atoms with Crippen LogP contribution in [0.1, 0.15) is 16.7 Å². The molecule has 2 rings (SSSR count). The first-order valence-electron chi connectivity index (χ1n) is 7.48. The number of benzene rings is 2. The zero-order chi connectivity index (χ0) is 17.6. The lowest BCUT2D eigenvalue weighted by molar-refractivity contribution is 0.0329. The van der Waals surface area contributed by atoms with Gasteiger partial charge in [0.25, 0.3) is 10.1 Å². The molecule has 24 heavy (non-hydrogen) atoms. The summed E-state index contributed by atoms with van der Waals surface area (Å²) in [6, 6.07) is 13.9. The number of aliphatic hydroxyl groups is 1. The average Bonchev–Trinajstić information content (AvgIpc) is 2.55. The minimum atomic E-state index is -4.16. The number of hydrogen-bond acceptors (Lipinski definition) is 5. The molecule has 0 amide bonds. The summed E-state index contributed by atoms with van der Waals surface area (Å²) in [5, 5.41) is 9.35. The standard InChI is InChI=1S/C17H21NO5S/c18-10-16(19)12-23-11-15-3-1-2-14(9-15)8-13-4-6-17(7-5-13)24(20,21)22/h1-7,9,16,19H,8,10-12,18H2,(H,20,21,22)/t16-/m1/s1. The molecule has 0 heterocycles. The number of ether oxygens (including phenoxy) is 1. The zero-order valence-electron chi connectivity index (χ0n) is 13.1. The van der Waals surface area contributed by atoms with Gasteiger partial charge in [-0.3, -0.25) is 4.55 Å². The fourth-order valence-electron chi connectivity index (χ4n) is 2.23. The van der Waals surface area contributed by atoms with Crippen LogP contribution in [0.25, 0.3) is 0 Å². The Balaban J connectivity index is 1.99. The first-order chi connectivity index (χ1) is 11.4. The Morgan fingerprint density at radius 2 is 1.71 bits per heavy atom. The SMILES string of the molecule is NC[C@@H](O)COCc1cccc(Cc2ccc(S(=O)(=O)O)cc2)c1. The van der Waals surface area contributed by atoms with Gasteiger partial charge in [-0.15, -0.1) is 0 Å². The van der Waals surface area contributed by atoms with Gasteiger partial charge in [-0.25, -0.2) is 0 Å². The van der Waals surface area contributed by atoms with Crippen molar-refractivity contribution in [2.75, 3.05) is 13.2 Å². The van der Waals surface area contributed by atoms with Crippen molar-refractivity contribution in [3.63, 3.8) is 0 Å². The van der Waals surface area contributed by atoms with Crippen LogP contribution < -0.4 is 5.73 Å². The highest BCUT2D eigenvalue weighted by molar-refractivity contribution is 7.85. The van der Waals surface area contributed by atoms with E-state index in [0.29, 0.717) is 13.0 Å². The van der Waals surface area contributed by atoms with Crippen molar-refractivity contribution in [3.05, 3.63) is 65.2 Å². The quantitative estimate of drug-likeness (QED) is 0.620. The Morgan fingerprint density at radius 3 is 2.33 bits per heavy atom. The van der Waals surface area contributed by atoms with Crippen molar-refractivity contribution >= 4 is 10.1 Å². The number of hydrogen-bond donors (Lipinski definition) is 3. The van der Waals surface area contributed by atoms with E-state index in [1.165, 1.54) is 12.1 Å². The van der Waals surface area contributed by atoms with Crippen LogP contribution in [0.2, 0.25) is 0 Å². The van der Waals surface area contributed by atoms with Crippen molar-refractivity contribution in [1.82, 2.24) is 0 Å². The van der Waals surface area contributed by atoms with Crippen LogP contribution in [0.15, 0.2) is 53.4 Å². The Labute approximate surface area is 141 Å². The molecule has 1 atom stereocenters. The Bertz CT molecular complexity index is 759. The highest BCUT2D eigenvalue weighted by Gasteiger charge is 2.08. The normalized spacial score (nSPS) is 13.0. The molecule has 0 unspecified atom stereocenters. The van der Waals surface area contributed by atoms with E-state index >= 15 is 0 Å². The van der Waals surface area contributed by atoms with Gasteiger partial charge in [0.15, 0.2) is 0 Å². The lowest BCUT2D eigenvalue weighted by Gasteiger charge is -2.10. The maximum Gasteiger partial charge on any atom is 0.294 e. The molecule has 0 aliphatic carbocycles. The largest absolute Gasteiger partial charge is 0.389 e. The molecule has 0 bridgehead atoms. The molecule has 0 spiro atoms.